The fraction of sp³-hybridized carbons (Fsp3) is 0.600. The summed E-state index contributed by atoms with van der Waals surface area (Å²) >= 11 is 0. The zero-order valence-corrected chi connectivity index (χ0v) is 20.1. The number of pyridine rings is 1. The summed E-state index contributed by atoms with van der Waals surface area (Å²) < 4.78 is 11.1. The van der Waals surface area contributed by atoms with Crippen LogP contribution in [0, 0.1) is 18.3 Å². The lowest BCUT2D eigenvalue weighted by Gasteiger charge is -2.41. The van der Waals surface area contributed by atoms with Crippen molar-refractivity contribution in [3.8, 4) is 6.07 Å². The Morgan fingerprint density at radius 1 is 1.36 bits per heavy atom. The third-order valence-corrected chi connectivity index (χ3v) is 6.86. The number of carbonyl (C=O) groups is 1. The van der Waals surface area contributed by atoms with Crippen molar-refractivity contribution in [2.24, 2.45) is 0 Å². The molecule has 2 aliphatic heterocycles. The van der Waals surface area contributed by atoms with Crippen LogP contribution in [0.2, 0.25) is 0 Å². The smallest absolute Gasteiger partial charge is 0.291 e. The maximum Gasteiger partial charge on any atom is 0.291 e. The number of hydrogen-bond acceptors (Lipinski definition) is 7. The highest BCUT2D eigenvalue weighted by molar-refractivity contribution is 5.92. The average Bonchev–Trinajstić information content (AvgIpc) is 3.26. The summed E-state index contributed by atoms with van der Waals surface area (Å²) in [7, 11) is 0. The van der Waals surface area contributed by atoms with Gasteiger partial charge in [0.25, 0.3) is 5.91 Å². The monoisotopic (exact) mass is 451 g/mol. The first-order chi connectivity index (χ1) is 16.0. The summed E-state index contributed by atoms with van der Waals surface area (Å²) in [5.41, 5.74) is 4.53. The first-order valence-corrected chi connectivity index (χ1v) is 12.0. The van der Waals surface area contributed by atoms with Gasteiger partial charge in [0.1, 0.15) is 11.9 Å². The normalized spacial score (nSPS) is 19.2. The molecule has 0 N–H and O–H groups in total. The lowest BCUT2D eigenvalue weighted by atomic mass is 9.89. The number of nitriles is 1. The fourth-order valence-electron chi connectivity index (χ4n) is 4.95. The Bertz CT molecular complexity index is 1060. The molecule has 0 bridgehead atoms. The summed E-state index contributed by atoms with van der Waals surface area (Å²) in [6, 6.07) is 2.39. The van der Waals surface area contributed by atoms with E-state index < -0.39 is 0 Å². The fourth-order valence-corrected chi connectivity index (χ4v) is 4.95. The van der Waals surface area contributed by atoms with Gasteiger partial charge in [-0.3, -0.25) is 4.79 Å². The van der Waals surface area contributed by atoms with Gasteiger partial charge in [-0.25, -0.2) is 9.97 Å². The van der Waals surface area contributed by atoms with Gasteiger partial charge in [0.05, 0.1) is 30.2 Å². The van der Waals surface area contributed by atoms with E-state index in [1.165, 1.54) is 6.39 Å². The second-order valence-electron chi connectivity index (χ2n) is 9.17. The highest BCUT2D eigenvalue weighted by Crippen LogP contribution is 2.35. The molecule has 2 aromatic rings. The van der Waals surface area contributed by atoms with E-state index in [1.54, 1.807) is 6.92 Å². The number of nitrogens with zero attached hydrogens (tertiary/aromatic N) is 5. The molecule has 8 nitrogen and oxygen atoms in total. The lowest BCUT2D eigenvalue weighted by Crippen LogP contribution is -2.54. The van der Waals surface area contributed by atoms with Crippen LogP contribution in [-0.2, 0) is 17.8 Å². The lowest BCUT2D eigenvalue weighted by molar-refractivity contribution is 0.0640. The van der Waals surface area contributed by atoms with E-state index in [1.807, 2.05) is 11.8 Å². The Morgan fingerprint density at radius 2 is 2.18 bits per heavy atom. The minimum atomic E-state index is -0.137. The van der Waals surface area contributed by atoms with Crippen LogP contribution in [0.15, 0.2) is 10.8 Å². The molecule has 4 heterocycles. The maximum absolute atomic E-state index is 13.0. The number of oxazole rings is 1. The van der Waals surface area contributed by atoms with Gasteiger partial charge < -0.3 is 19.0 Å². The number of fused-ring (bicyclic) bond motifs is 1. The van der Waals surface area contributed by atoms with Gasteiger partial charge in [-0.2, -0.15) is 5.26 Å². The molecule has 2 atom stereocenters. The molecule has 2 aromatic heterocycles. The number of carbonyl (C=O) groups excluding carboxylic acids is 1. The SMILES string of the molecule is CCCCC(C)c1nc(N2CCN(C(=O)c3ocnc3C)[C@H](C)C2)c(C#N)c2c1COCC2. The van der Waals surface area contributed by atoms with Crippen LogP contribution in [0.3, 0.4) is 0 Å². The van der Waals surface area contributed by atoms with Gasteiger partial charge in [-0.15, -0.1) is 0 Å². The highest BCUT2D eigenvalue weighted by Gasteiger charge is 2.34. The molecular formula is C25H33N5O3. The molecule has 1 saturated heterocycles. The van der Waals surface area contributed by atoms with E-state index in [0.717, 1.165) is 48.3 Å². The standard InChI is InChI=1S/C25H33N5O3/c1-5-6-7-16(2)22-21-14-32-11-8-19(21)20(12-26)24(28-22)29-9-10-30(17(3)13-29)25(31)23-18(4)27-15-33-23/h15-17H,5-11,13-14H2,1-4H3/t16?,17-/m1/s1. The van der Waals surface area contributed by atoms with Crippen LogP contribution in [0.5, 0.6) is 0 Å². The van der Waals surface area contributed by atoms with Gasteiger partial charge in [-0.05, 0) is 38.2 Å². The second kappa shape index (κ2) is 9.92. The molecule has 0 aromatic carbocycles. The minimum absolute atomic E-state index is 0.0515. The Morgan fingerprint density at radius 3 is 2.85 bits per heavy atom. The van der Waals surface area contributed by atoms with Crippen LogP contribution in [0.1, 0.15) is 84.6 Å². The molecule has 8 heteroatoms. The van der Waals surface area contributed by atoms with Crippen LogP contribution < -0.4 is 4.90 Å². The van der Waals surface area contributed by atoms with Crippen molar-refractivity contribution < 1.29 is 13.9 Å². The van der Waals surface area contributed by atoms with Gasteiger partial charge in [-0.1, -0.05) is 26.7 Å². The molecule has 2 aliphatic rings. The first-order valence-electron chi connectivity index (χ1n) is 12.0. The molecule has 1 amide bonds. The molecule has 4 rings (SSSR count). The van der Waals surface area contributed by atoms with Crippen molar-refractivity contribution in [1.29, 1.82) is 5.26 Å². The van der Waals surface area contributed by atoms with E-state index in [9.17, 15) is 10.1 Å². The predicted octanol–water partition coefficient (Wildman–Crippen LogP) is 3.97. The molecule has 0 aliphatic carbocycles. The number of unbranched alkanes of at least 4 members (excludes halogenated alkanes) is 1. The number of aromatic nitrogens is 2. The van der Waals surface area contributed by atoms with Crippen LogP contribution in [0.4, 0.5) is 5.82 Å². The zero-order valence-electron chi connectivity index (χ0n) is 20.1. The predicted molar refractivity (Wildman–Crippen MR) is 124 cm³/mol. The first kappa shape index (κ1) is 23.2. The number of amides is 1. The number of ether oxygens (including phenoxy) is 1. The van der Waals surface area contributed by atoms with E-state index in [4.69, 9.17) is 14.1 Å². The topological polar surface area (TPSA) is 95.5 Å². The third kappa shape index (κ3) is 4.47. The summed E-state index contributed by atoms with van der Waals surface area (Å²) in [4.78, 5) is 26.1. The van der Waals surface area contributed by atoms with Gasteiger partial charge in [0, 0.05) is 31.2 Å². The molecule has 1 fully saturated rings. The van der Waals surface area contributed by atoms with Gasteiger partial charge >= 0.3 is 0 Å². The van der Waals surface area contributed by atoms with E-state index in [0.29, 0.717) is 55.8 Å². The van der Waals surface area contributed by atoms with Crippen molar-refractivity contribution >= 4 is 11.7 Å². The minimum Gasteiger partial charge on any atom is -0.438 e. The quantitative estimate of drug-likeness (QED) is 0.656. The average molecular weight is 452 g/mol. The molecule has 33 heavy (non-hydrogen) atoms. The molecular weight excluding hydrogens is 418 g/mol. The maximum atomic E-state index is 13.0. The summed E-state index contributed by atoms with van der Waals surface area (Å²) in [6.07, 6.45) is 5.40. The third-order valence-electron chi connectivity index (χ3n) is 6.86. The molecule has 0 saturated carbocycles. The molecule has 1 unspecified atom stereocenters. The van der Waals surface area contributed by atoms with Crippen molar-refractivity contribution in [2.45, 2.75) is 71.9 Å². The number of rotatable bonds is 6. The van der Waals surface area contributed by atoms with Crippen molar-refractivity contribution in [3.05, 3.63) is 40.2 Å². The van der Waals surface area contributed by atoms with Gasteiger partial charge in [0.2, 0.25) is 5.76 Å². The Kier molecular flexibility index (Phi) is 6.99. The number of anilines is 1. The van der Waals surface area contributed by atoms with Crippen molar-refractivity contribution in [1.82, 2.24) is 14.9 Å². The second-order valence-corrected chi connectivity index (χ2v) is 9.17. The number of hydrogen-bond donors (Lipinski definition) is 0. The van der Waals surface area contributed by atoms with E-state index in [2.05, 4.69) is 29.8 Å². The van der Waals surface area contributed by atoms with Gasteiger partial charge in [0.15, 0.2) is 6.39 Å². The molecule has 176 valence electrons. The van der Waals surface area contributed by atoms with Crippen molar-refractivity contribution in [3.63, 3.8) is 0 Å². The number of piperazine rings is 1. The van der Waals surface area contributed by atoms with E-state index in [-0.39, 0.29) is 11.9 Å². The molecule has 0 radical (unpaired) electrons. The zero-order chi connectivity index (χ0) is 23.5. The van der Waals surface area contributed by atoms with E-state index >= 15 is 0 Å². The van der Waals surface area contributed by atoms with Crippen LogP contribution in [-0.4, -0.2) is 53.1 Å². The number of aryl methyl sites for hydroxylation is 1. The largest absolute Gasteiger partial charge is 0.438 e. The summed E-state index contributed by atoms with van der Waals surface area (Å²) in [5, 5.41) is 10.1. The molecule has 0 spiro atoms. The summed E-state index contributed by atoms with van der Waals surface area (Å²) in [5.74, 6) is 1.22. The Labute approximate surface area is 195 Å². The van der Waals surface area contributed by atoms with Crippen molar-refractivity contribution in [2.75, 3.05) is 31.1 Å². The van der Waals surface area contributed by atoms with Crippen LogP contribution in [0.25, 0.3) is 0 Å². The Balaban J connectivity index is 1.64. The highest BCUT2D eigenvalue weighted by atomic mass is 16.5. The Hall–Kier alpha value is -2.92. The summed E-state index contributed by atoms with van der Waals surface area (Å²) in [6.45, 7) is 11.1. The van der Waals surface area contributed by atoms with Crippen LogP contribution >= 0.6 is 0 Å².